The summed E-state index contributed by atoms with van der Waals surface area (Å²) in [7, 11) is 0. The van der Waals surface area contributed by atoms with Crippen molar-refractivity contribution in [1.29, 1.82) is 0 Å². The van der Waals surface area contributed by atoms with Gasteiger partial charge in [-0.25, -0.2) is 0 Å². The first-order valence-electron chi connectivity index (χ1n) is 12.6. The maximum absolute atomic E-state index is 6.40. The Morgan fingerprint density at radius 2 is 1.65 bits per heavy atom. The van der Waals surface area contributed by atoms with Crippen LogP contribution in [0.15, 0.2) is 54.6 Å². The van der Waals surface area contributed by atoms with E-state index in [0.29, 0.717) is 27.5 Å². The highest BCUT2D eigenvalue weighted by molar-refractivity contribution is 6.42. The minimum Gasteiger partial charge on any atom is -0.489 e. The van der Waals surface area contributed by atoms with E-state index >= 15 is 0 Å². The van der Waals surface area contributed by atoms with E-state index in [1.807, 2.05) is 18.2 Å². The summed E-state index contributed by atoms with van der Waals surface area (Å²) in [5, 5.41) is 7.78. The fraction of sp³-hybridized carbons (Fsp3) is 0.467. The molecule has 0 radical (unpaired) electrons. The third-order valence-corrected chi connectivity index (χ3v) is 9.38. The van der Waals surface area contributed by atoms with Gasteiger partial charge in [0, 0.05) is 17.6 Å². The molecule has 3 aromatic carbocycles. The van der Waals surface area contributed by atoms with Gasteiger partial charge in [0.15, 0.2) is 0 Å². The van der Waals surface area contributed by atoms with Crippen LogP contribution in [0.25, 0.3) is 10.8 Å². The highest BCUT2D eigenvalue weighted by Gasteiger charge is 2.59. The van der Waals surface area contributed by atoms with Crippen LogP contribution in [0.4, 0.5) is 0 Å². The van der Waals surface area contributed by atoms with Crippen LogP contribution in [0.3, 0.4) is 0 Å². The Hall–Kier alpha value is -1.74. The van der Waals surface area contributed by atoms with E-state index in [4.69, 9.17) is 27.9 Å². The zero-order valence-corrected chi connectivity index (χ0v) is 21.6. The van der Waals surface area contributed by atoms with Crippen molar-refractivity contribution < 1.29 is 4.74 Å². The van der Waals surface area contributed by atoms with Gasteiger partial charge in [0.25, 0.3) is 0 Å². The number of nitrogens with one attached hydrogen (secondary N) is 1. The lowest BCUT2D eigenvalue weighted by atomic mass is 9.43. The predicted molar refractivity (Wildman–Crippen MR) is 142 cm³/mol. The molecule has 4 bridgehead atoms. The van der Waals surface area contributed by atoms with Gasteiger partial charge >= 0.3 is 0 Å². The monoisotopic (exact) mass is 493 g/mol. The van der Waals surface area contributed by atoms with Crippen LogP contribution >= 0.6 is 23.2 Å². The Balaban J connectivity index is 1.29. The van der Waals surface area contributed by atoms with Gasteiger partial charge in [-0.05, 0) is 89.8 Å². The summed E-state index contributed by atoms with van der Waals surface area (Å²) in [6.45, 7) is 6.37. The summed E-state index contributed by atoms with van der Waals surface area (Å²) in [5.41, 5.74) is 3.51. The standard InChI is InChI=1S/C30H33Cl2NO/c1-28-12-21-13-29(2,17-28)19-30(14-21,18-28)33-15-24-23-6-4-3-5-22(23)8-10-27(24)34-16-20-7-9-25(31)26(32)11-20/h3-11,21,33H,12-19H2,1-2H3. The van der Waals surface area contributed by atoms with Crippen molar-refractivity contribution in [2.45, 2.75) is 71.1 Å². The third kappa shape index (κ3) is 4.12. The molecule has 0 aromatic heterocycles. The largest absolute Gasteiger partial charge is 0.489 e. The Morgan fingerprint density at radius 3 is 2.38 bits per heavy atom. The number of hydrogen-bond acceptors (Lipinski definition) is 2. The molecule has 178 valence electrons. The number of halogens is 2. The molecule has 4 aliphatic rings. The molecule has 0 spiro atoms. The summed E-state index contributed by atoms with van der Waals surface area (Å²) in [4.78, 5) is 0. The summed E-state index contributed by atoms with van der Waals surface area (Å²) in [5.74, 6) is 1.82. The summed E-state index contributed by atoms with van der Waals surface area (Å²) >= 11 is 12.3. The number of hydrogen-bond donors (Lipinski definition) is 1. The molecule has 0 amide bonds. The third-order valence-electron chi connectivity index (χ3n) is 8.64. The van der Waals surface area contributed by atoms with Crippen LogP contribution in [0, 0.1) is 16.7 Å². The maximum Gasteiger partial charge on any atom is 0.124 e. The van der Waals surface area contributed by atoms with Gasteiger partial charge in [-0.1, -0.05) is 73.4 Å². The van der Waals surface area contributed by atoms with Crippen LogP contribution < -0.4 is 10.1 Å². The fourth-order valence-electron chi connectivity index (χ4n) is 8.34. The Bertz CT molecular complexity index is 1240. The molecule has 2 nitrogen and oxygen atoms in total. The minimum absolute atomic E-state index is 0.251. The van der Waals surface area contributed by atoms with E-state index in [9.17, 15) is 0 Å². The number of ether oxygens (including phenoxy) is 1. The molecule has 4 saturated carbocycles. The van der Waals surface area contributed by atoms with Crippen LogP contribution in [0.5, 0.6) is 5.75 Å². The molecule has 0 saturated heterocycles. The van der Waals surface area contributed by atoms with Crippen molar-refractivity contribution in [2.24, 2.45) is 16.7 Å². The van der Waals surface area contributed by atoms with E-state index in [0.717, 1.165) is 23.8 Å². The van der Waals surface area contributed by atoms with E-state index < -0.39 is 0 Å². The zero-order valence-electron chi connectivity index (χ0n) is 20.1. The molecule has 0 heterocycles. The van der Waals surface area contributed by atoms with Crippen molar-refractivity contribution in [3.05, 3.63) is 75.8 Å². The second kappa shape index (κ2) is 8.15. The van der Waals surface area contributed by atoms with Gasteiger partial charge in [0.2, 0.25) is 0 Å². The van der Waals surface area contributed by atoms with Gasteiger partial charge in [0.1, 0.15) is 12.4 Å². The van der Waals surface area contributed by atoms with Crippen LogP contribution in [0.1, 0.15) is 63.5 Å². The Kier molecular flexibility index (Phi) is 5.44. The number of rotatable bonds is 6. The van der Waals surface area contributed by atoms with E-state index in [-0.39, 0.29) is 5.54 Å². The van der Waals surface area contributed by atoms with Crippen LogP contribution in [-0.4, -0.2) is 5.54 Å². The minimum atomic E-state index is 0.251. The number of benzene rings is 3. The Morgan fingerprint density at radius 1 is 0.882 bits per heavy atom. The molecule has 3 aromatic rings. The van der Waals surface area contributed by atoms with Crippen molar-refractivity contribution in [1.82, 2.24) is 5.32 Å². The predicted octanol–water partition coefficient (Wildman–Crippen LogP) is 8.56. The lowest BCUT2D eigenvalue weighted by molar-refractivity contribution is -0.118. The second-order valence-corrected chi connectivity index (χ2v) is 12.9. The zero-order chi connectivity index (χ0) is 23.6. The summed E-state index contributed by atoms with van der Waals surface area (Å²) in [6.07, 6.45) is 8.15. The number of fused-ring (bicyclic) bond motifs is 1. The molecule has 4 aliphatic carbocycles. The van der Waals surface area contributed by atoms with E-state index in [1.165, 1.54) is 54.9 Å². The lowest BCUT2D eigenvalue weighted by Gasteiger charge is -2.65. The highest BCUT2D eigenvalue weighted by atomic mass is 35.5. The quantitative estimate of drug-likeness (QED) is 0.371. The first-order chi connectivity index (χ1) is 16.2. The molecule has 2 atom stereocenters. The SMILES string of the molecule is CC12CC3CC(C)(C1)CC(NCc1c(OCc4ccc(Cl)c(Cl)c4)ccc4ccccc14)(C3)C2. The first-order valence-corrected chi connectivity index (χ1v) is 13.3. The molecule has 2 unspecified atom stereocenters. The van der Waals surface area contributed by atoms with Crippen molar-refractivity contribution in [3.8, 4) is 5.75 Å². The van der Waals surface area contributed by atoms with Crippen molar-refractivity contribution >= 4 is 34.0 Å². The molecular formula is C30H33Cl2NO. The van der Waals surface area contributed by atoms with E-state index in [2.05, 4.69) is 55.6 Å². The van der Waals surface area contributed by atoms with Gasteiger partial charge in [-0.15, -0.1) is 0 Å². The lowest BCUT2D eigenvalue weighted by Crippen LogP contribution is -2.63. The average molecular weight is 495 g/mol. The maximum atomic E-state index is 6.40. The van der Waals surface area contributed by atoms with Crippen LogP contribution in [-0.2, 0) is 13.2 Å². The average Bonchev–Trinajstić information content (AvgIpc) is 2.76. The molecule has 1 N–H and O–H groups in total. The Labute approximate surface area is 213 Å². The summed E-state index contributed by atoms with van der Waals surface area (Å²) in [6, 6.07) is 18.6. The van der Waals surface area contributed by atoms with E-state index in [1.54, 1.807) is 0 Å². The van der Waals surface area contributed by atoms with Crippen LogP contribution in [0.2, 0.25) is 10.0 Å². The van der Waals surface area contributed by atoms with Gasteiger partial charge in [0.05, 0.1) is 10.0 Å². The van der Waals surface area contributed by atoms with Crippen molar-refractivity contribution in [2.75, 3.05) is 0 Å². The molecule has 4 fully saturated rings. The van der Waals surface area contributed by atoms with Crippen molar-refractivity contribution in [3.63, 3.8) is 0 Å². The fourth-order valence-corrected chi connectivity index (χ4v) is 8.67. The normalized spacial score (nSPS) is 31.8. The molecule has 4 heteroatoms. The second-order valence-electron chi connectivity index (χ2n) is 12.1. The molecule has 7 rings (SSSR count). The van der Waals surface area contributed by atoms with Gasteiger partial charge in [-0.2, -0.15) is 0 Å². The smallest absolute Gasteiger partial charge is 0.124 e. The first kappa shape index (κ1) is 22.7. The molecular weight excluding hydrogens is 461 g/mol. The highest BCUT2D eigenvalue weighted by Crippen LogP contribution is 2.66. The molecule has 0 aliphatic heterocycles. The summed E-state index contributed by atoms with van der Waals surface area (Å²) < 4.78 is 6.40. The molecule has 34 heavy (non-hydrogen) atoms. The van der Waals surface area contributed by atoms with Gasteiger partial charge in [-0.3, -0.25) is 0 Å². The topological polar surface area (TPSA) is 21.3 Å². The van der Waals surface area contributed by atoms with Gasteiger partial charge < -0.3 is 10.1 Å².